The van der Waals surface area contributed by atoms with Crippen molar-refractivity contribution in [1.82, 2.24) is 4.90 Å². The third kappa shape index (κ3) is 4.73. The molecule has 0 aromatic carbocycles. The summed E-state index contributed by atoms with van der Waals surface area (Å²) >= 11 is 0. The van der Waals surface area contributed by atoms with Gasteiger partial charge in [-0.3, -0.25) is 4.90 Å². The predicted octanol–water partition coefficient (Wildman–Crippen LogP) is 3.18. The van der Waals surface area contributed by atoms with Gasteiger partial charge in [0.2, 0.25) is 0 Å². The minimum Gasteiger partial charge on any atom is -0.381 e. The Kier molecular flexibility index (Phi) is 7.96. The first-order valence-electron chi connectivity index (χ1n) is 8.20. The Morgan fingerprint density at radius 1 is 1.11 bits per heavy atom. The zero-order valence-electron chi connectivity index (χ0n) is 13.3. The van der Waals surface area contributed by atoms with Crippen LogP contribution in [-0.4, -0.2) is 43.3 Å². The second-order valence-electron chi connectivity index (χ2n) is 6.06. The lowest BCUT2D eigenvalue weighted by molar-refractivity contribution is -0.00811. The Morgan fingerprint density at radius 3 is 2.00 bits per heavy atom. The molecule has 0 bridgehead atoms. The Labute approximate surface area is 119 Å². The van der Waals surface area contributed by atoms with Gasteiger partial charge in [-0.2, -0.15) is 0 Å². The van der Waals surface area contributed by atoms with Crippen molar-refractivity contribution in [2.75, 3.05) is 26.7 Å². The molecule has 114 valence electrons. The van der Waals surface area contributed by atoms with Crippen LogP contribution < -0.4 is 5.73 Å². The third-order valence-corrected chi connectivity index (χ3v) is 4.81. The molecule has 0 spiro atoms. The monoisotopic (exact) mass is 270 g/mol. The Bertz CT molecular complexity index is 217. The van der Waals surface area contributed by atoms with E-state index >= 15 is 0 Å². The minimum absolute atomic E-state index is 0.249. The molecular formula is C16H34N2O. The fraction of sp³-hybridized carbons (Fsp3) is 1.00. The summed E-state index contributed by atoms with van der Waals surface area (Å²) in [5.74, 6) is 0. The highest BCUT2D eigenvalue weighted by atomic mass is 16.5. The summed E-state index contributed by atoms with van der Waals surface area (Å²) in [7, 11) is 1.84. The van der Waals surface area contributed by atoms with Crippen molar-refractivity contribution < 1.29 is 4.74 Å². The number of methoxy groups -OCH3 is 1. The van der Waals surface area contributed by atoms with Gasteiger partial charge in [-0.1, -0.05) is 26.7 Å². The lowest BCUT2D eigenvalue weighted by Gasteiger charge is -2.47. The summed E-state index contributed by atoms with van der Waals surface area (Å²) in [5, 5.41) is 0. The van der Waals surface area contributed by atoms with E-state index in [2.05, 4.69) is 18.7 Å². The zero-order chi connectivity index (χ0) is 14.1. The van der Waals surface area contributed by atoms with E-state index in [0.29, 0.717) is 6.10 Å². The van der Waals surface area contributed by atoms with Crippen LogP contribution in [0.2, 0.25) is 0 Å². The average Bonchev–Trinajstić information content (AvgIpc) is 2.47. The van der Waals surface area contributed by atoms with Crippen LogP contribution in [0.4, 0.5) is 0 Å². The summed E-state index contributed by atoms with van der Waals surface area (Å²) in [6.45, 7) is 7.78. The van der Waals surface area contributed by atoms with E-state index in [1.807, 2.05) is 7.11 Å². The Hall–Kier alpha value is -0.120. The normalized spacial score (nSPS) is 27.9. The van der Waals surface area contributed by atoms with E-state index in [0.717, 1.165) is 6.54 Å². The molecule has 3 heteroatoms. The van der Waals surface area contributed by atoms with Gasteiger partial charge in [0.15, 0.2) is 0 Å². The average molecular weight is 270 g/mol. The lowest BCUT2D eigenvalue weighted by Crippen LogP contribution is -2.56. The van der Waals surface area contributed by atoms with Gasteiger partial charge in [0.05, 0.1) is 6.10 Å². The third-order valence-electron chi connectivity index (χ3n) is 4.81. The maximum atomic E-state index is 6.19. The summed E-state index contributed by atoms with van der Waals surface area (Å²) in [6.07, 6.45) is 10.3. The molecule has 0 amide bonds. The molecule has 1 saturated carbocycles. The van der Waals surface area contributed by atoms with Crippen LogP contribution in [0, 0.1) is 0 Å². The van der Waals surface area contributed by atoms with Gasteiger partial charge in [-0.05, 0) is 51.6 Å². The lowest BCUT2D eigenvalue weighted by atomic mass is 9.78. The number of nitrogens with two attached hydrogens (primary N) is 1. The molecule has 0 aromatic rings. The first-order chi connectivity index (χ1) is 9.22. The number of rotatable bonds is 9. The molecule has 0 saturated heterocycles. The molecule has 0 unspecified atom stereocenters. The Balaban J connectivity index is 2.65. The Morgan fingerprint density at radius 2 is 1.63 bits per heavy atom. The summed E-state index contributed by atoms with van der Waals surface area (Å²) in [6, 6.07) is 0. The number of unbranched alkanes of at least 4 members (excludes halogenated alkanes) is 2. The van der Waals surface area contributed by atoms with Gasteiger partial charge in [0, 0.05) is 19.2 Å². The minimum atomic E-state index is 0.249. The van der Waals surface area contributed by atoms with Crippen LogP contribution >= 0.6 is 0 Å². The summed E-state index contributed by atoms with van der Waals surface area (Å²) in [4.78, 5) is 2.70. The first kappa shape index (κ1) is 16.9. The number of ether oxygens (including phenoxy) is 1. The highest BCUT2D eigenvalue weighted by molar-refractivity contribution is 4.96. The van der Waals surface area contributed by atoms with Gasteiger partial charge >= 0.3 is 0 Å². The van der Waals surface area contributed by atoms with Crippen LogP contribution in [0.25, 0.3) is 0 Å². The van der Waals surface area contributed by atoms with Crippen molar-refractivity contribution in [3.05, 3.63) is 0 Å². The largest absolute Gasteiger partial charge is 0.381 e. The summed E-state index contributed by atoms with van der Waals surface area (Å²) in [5.41, 5.74) is 6.44. The van der Waals surface area contributed by atoms with E-state index in [1.165, 1.54) is 64.5 Å². The number of hydrogen-bond acceptors (Lipinski definition) is 3. The zero-order valence-corrected chi connectivity index (χ0v) is 13.3. The molecule has 0 aliphatic heterocycles. The van der Waals surface area contributed by atoms with Crippen molar-refractivity contribution >= 4 is 0 Å². The molecule has 0 aromatic heterocycles. The smallest absolute Gasteiger partial charge is 0.0572 e. The number of nitrogens with zero attached hydrogens (tertiary/aromatic N) is 1. The standard InChI is InChI=1S/C16H34N2O/c1-4-6-12-18(13-7-5-2)16(14-17)10-8-15(19-3)9-11-16/h15H,4-14,17H2,1-3H3. The van der Waals surface area contributed by atoms with Crippen molar-refractivity contribution in [3.8, 4) is 0 Å². The number of hydrogen-bond donors (Lipinski definition) is 1. The topological polar surface area (TPSA) is 38.5 Å². The quantitative estimate of drug-likeness (QED) is 0.699. The fourth-order valence-corrected chi connectivity index (χ4v) is 3.30. The molecule has 1 aliphatic rings. The van der Waals surface area contributed by atoms with Crippen molar-refractivity contribution in [1.29, 1.82) is 0 Å². The molecule has 3 nitrogen and oxygen atoms in total. The second kappa shape index (κ2) is 8.93. The van der Waals surface area contributed by atoms with Crippen LogP contribution in [0.5, 0.6) is 0 Å². The van der Waals surface area contributed by atoms with Crippen LogP contribution in [0.15, 0.2) is 0 Å². The molecule has 0 atom stereocenters. The van der Waals surface area contributed by atoms with E-state index in [1.54, 1.807) is 0 Å². The SMILES string of the molecule is CCCCN(CCCC)C1(CN)CCC(OC)CC1. The second-order valence-corrected chi connectivity index (χ2v) is 6.06. The maximum absolute atomic E-state index is 6.19. The van der Waals surface area contributed by atoms with Crippen molar-refractivity contribution in [3.63, 3.8) is 0 Å². The van der Waals surface area contributed by atoms with Crippen molar-refractivity contribution in [2.24, 2.45) is 5.73 Å². The molecular weight excluding hydrogens is 236 g/mol. The highest BCUT2D eigenvalue weighted by Gasteiger charge is 2.38. The molecule has 2 N–H and O–H groups in total. The fourth-order valence-electron chi connectivity index (χ4n) is 3.30. The van der Waals surface area contributed by atoms with Crippen LogP contribution in [-0.2, 0) is 4.74 Å². The van der Waals surface area contributed by atoms with Crippen molar-refractivity contribution in [2.45, 2.75) is 76.9 Å². The molecule has 0 heterocycles. The maximum Gasteiger partial charge on any atom is 0.0572 e. The first-order valence-corrected chi connectivity index (χ1v) is 8.20. The predicted molar refractivity (Wildman–Crippen MR) is 82.4 cm³/mol. The van der Waals surface area contributed by atoms with Crippen LogP contribution in [0.1, 0.15) is 65.2 Å². The van der Waals surface area contributed by atoms with Gasteiger partial charge in [-0.15, -0.1) is 0 Å². The van der Waals surface area contributed by atoms with Gasteiger partial charge in [0.25, 0.3) is 0 Å². The highest BCUT2D eigenvalue weighted by Crippen LogP contribution is 2.34. The summed E-state index contributed by atoms with van der Waals surface area (Å²) < 4.78 is 5.51. The van der Waals surface area contributed by atoms with E-state index < -0.39 is 0 Å². The van der Waals surface area contributed by atoms with Gasteiger partial charge < -0.3 is 10.5 Å². The molecule has 19 heavy (non-hydrogen) atoms. The molecule has 1 fully saturated rings. The molecule has 0 radical (unpaired) electrons. The van der Waals surface area contributed by atoms with Gasteiger partial charge in [0.1, 0.15) is 0 Å². The van der Waals surface area contributed by atoms with E-state index in [-0.39, 0.29) is 5.54 Å². The van der Waals surface area contributed by atoms with E-state index in [4.69, 9.17) is 10.5 Å². The molecule has 1 rings (SSSR count). The van der Waals surface area contributed by atoms with E-state index in [9.17, 15) is 0 Å². The van der Waals surface area contributed by atoms with Crippen LogP contribution in [0.3, 0.4) is 0 Å². The molecule has 1 aliphatic carbocycles. The van der Waals surface area contributed by atoms with Gasteiger partial charge in [-0.25, -0.2) is 0 Å².